The minimum absolute atomic E-state index is 0.0922. The van der Waals surface area contributed by atoms with E-state index in [2.05, 4.69) is 15.8 Å². The number of alkyl halides is 1. The van der Waals surface area contributed by atoms with E-state index in [1.54, 1.807) is 0 Å². The average Bonchev–Trinajstić information content (AvgIpc) is 2.68. The first kappa shape index (κ1) is 14.0. The van der Waals surface area contributed by atoms with Gasteiger partial charge in [-0.2, -0.15) is 11.8 Å². The molecule has 5 heteroatoms. The fourth-order valence-corrected chi connectivity index (χ4v) is 2.77. The zero-order chi connectivity index (χ0) is 13.1. The molecular formula is C13H16Cl2N2S. The van der Waals surface area contributed by atoms with Gasteiger partial charge in [0.15, 0.2) is 0 Å². The van der Waals surface area contributed by atoms with Gasteiger partial charge in [-0.1, -0.05) is 11.6 Å². The highest BCUT2D eigenvalue weighted by Crippen LogP contribution is 2.27. The lowest BCUT2D eigenvalue weighted by Crippen LogP contribution is -2.05. The highest BCUT2D eigenvalue weighted by molar-refractivity contribution is 7.98. The van der Waals surface area contributed by atoms with Crippen molar-refractivity contribution in [2.75, 3.05) is 12.0 Å². The Morgan fingerprint density at radius 1 is 1.44 bits per heavy atom. The molecule has 18 heavy (non-hydrogen) atoms. The first-order valence-corrected chi connectivity index (χ1v) is 8.13. The van der Waals surface area contributed by atoms with Crippen LogP contribution in [0, 0.1) is 0 Å². The molecule has 1 unspecified atom stereocenters. The van der Waals surface area contributed by atoms with Crippen LogP contribution in [0.25, 0.3) is 11.0 Å². The molecule has 98 valence electrons. The van der Waals surface area contributed by atoms with Crippen LogP contribution >= 0.6 is 35.0 Å². The number of fused-ring (bicyclic) bond motifs is 1. The molecule has 1 heterocycles. The van der Waals surface area contributed by atoms with Gasteiger partial charge >= 0.3 is 0 Å². The molecule has 2 nitrogen and oxygen atoms in total. The third-order valence-corrected chi connectivity index (χ3v) is 3.95. The van der Waals surface area contributed by atoms with Gasteiger partial charge in [-0.05, 0) is 43.6 Å². The number of thioether (sulfide) groups is 1. The summed E-state index contributed by atoms with van der Waals surface area (Å²) < 4.78 is 2.19. The van der Waals surface area contributed by atoms with Crippen LogP contribution in [0.15, 0.2) is 18.2 Å². The Kier molecular flexibility index (Phi) is 4.82. The van der Waals surface area contributed by atoms with E-state index in [0.29, 0.717) is 0 Å². The second-order valence-electron chi connectivity index (χ2n) is 4.22. The summed E-state index contributed by atoms with van der Waals surface area (Å²) in [6.07, 6.45) is 3.23. The summed E-state index contributed by atoms with van der Waals surface area (Å²) in [5, 5.41) is 0.646. The summed E-state index contributed by atoms with van der Waals surface area (Å²) in [5.74, 6) is 2.06. The number of imidazole rings is 1. The van der Waals surface area contributed by atoms with Crippen molar-refractivity contribution in [1.82, 2.24) is 9.55 Å². The molecule has 0 N–H and O–H groups in total. The number of halogens is 2. The van der Waals surface area contributed by atoms with E-state index in [9.17, 15) is 0 Å². The highest BCUT2D eigenvalue weighted by Gasteiger charge is 2.14. The van der Waals surface area contributed by atoms with Crippen LogP contribution in [0.4, 0.5) is 0 Å². The smallest absolute Gasteiger partial charge is 0.127 e. The SMILES string of the molecule is CSCCCn1c(C(C)Cl)nc2ccc(Cl)cc21. The van der Waals surface area contributed by atoms with Crippen molar-refractivity contribution in [3.8, 4) is 0 Å². The van der Waals surface area contributed by atoms with Gasteiger partial charge in [0.25, 0.3) is 0 Å². The first-order valence-electron chi connectivity index (χ1n) is 5.92. The van der Waals surface area contributed by atoms with E-state index >= 15 is 0 Å². The van der Waals surface area contributed by atoms with Crippen LogP contribution in [0.1, 0.15) is 24.5 Å². The minimum atomic E-state index is -0.0922. The highest BCUT2D eigenvalue weighted by atomic mass is 35.5. The van der Waals surface area contributed by atoms with Crippen molar-refractivity contribution >= 4 is 46.0 Å². The Balaban J connectivity index is 2.43. The predicted octanol–water partition coefficient (Wildman–Crippen LogP) is 4.74. The molecule has 2 rings (SSSR count). The monoisotopic (exact) mass is 302 g/mol. The molecule has 1 atom stereocenters. The van der Waals surface area contributed by atoms with Gasteiger partial charge in [0.05, 0.1) is 16.4 Å². The summed E-state index contributed by atoms with van der Waals surface area (Å²) >= 11 is 14.1. The molecule has 0 fully saturated rings. The number of hydrogen-bond acceptors (Lipinski definition) is 2. The zero-order valence-corrected chi connectivity index (χ0v) is 12.8. The lowest BCUT2D eigenvalue weighted by atomic mass is 10.3. The molecule has 0 spiro atoms. The van der Waals surface area contributed by atoms with Crippen LogP contribution in [0.3, 0.4) is 0 Å². The second-order valence-corrected chi connectivity index (χ2v) is 6.29. The van der Waals surface area contributed by atoms with Gasteiger partial charge in [0.2, 0.25) is 0 Å². The average molecular weight is 303 g/mol. The van der Waals surface area contributed by atoms with Crippen molar-refractivity contribution in [3.63, 3.8) is 0 Å². The zero-order valence-electron chi connectivity index (χ0n) is 10.5. The molecule has 0 aliphatic rings. The minimum Gasteiger partial charge on any atom is -0.327 e. The van der Waals surface area contributed by atoms with Crippen molar-refractivity contribution in [2.45, 2.75) is 25.3 Å². The summed E-state index contributed by atoms with van der Waals surface area (Å²) in [6, 6.07) is 5.78. The van der Waals surface area contributed by atoms with Crippen LogP contribution in [-0.4, -0.2) is 21.6 Å². The van der Waals surface area contributed by atoms with Gasteiger partial charge in [-0.25, -0.2) is 4.98 Å². The molecule has 0 amide bonds. The molecule has 0 aliphatic heterocycles. The maximum Gasteiger partial charge on any atom is 0.127 e. The normalized spacial score (nSPS) is 13.1. The van der Waals surface area contributed by atoms with Crippen molar-refractivity contribution in [2.24, 2.45) is 0 Å². The summed E-state index contributed by atoms with van der Waals surface area (Å²) in [6.45, 7) is 2.89. The van der Waals surface area contributed by atoms with Crippen LogP contribution in [0.5, 0.6) is 0 Å². The molecule has 1 aromatic carbocycles. The van der Waals surface area contributed by atoms with Crippen molar-refractivity contribution in [1.29, 1.82) is 0 Å². The van der Waals surface area contributed by atoms with E-state index in [4.69, 9.17) is 23.2 Å². The number of aryl methyl sites for hydroxylation is 1. The van der Waals surface area contributed by atoms with E-state index < -0.39 is 0 Å². The number of rotatable bonds is 5. The number of aromatic nitrogens is 2. The quantitative estimate of drug-likeness (QED) is 0.586. The largest absolute Gasteiger partial charge is 0.327 e. The number of hydrogen-bond donors (Lipinski definition) is 0. The lowest BCUT2D eigenvalue weighted by Gasteiger charge is -2.10. The molecule has 0 aliphatic carbocycles. The fraction of sp³-hybridized carbons (Fsp3) is 0.462. The Bertz CT molecular complexity index is 537. The Morgan fingerprint density at radius 2 is 2.22 bits per heavy atom. The molecule has 0 saturated heterocycles. The van der Waals surface area contributed by atoms with Gasteiger partial charge in [0, 0.05) is 11.6 Å². The van der Waals surface area contributed by atoms with Gasteiger partial charge in [-0.15, -0.1) is 11.6 Å². The maximum atomic E-state index is 6.21. The number of nitrogens with zero attached hydrogens (tertiary/aromatic N) is 2. The van der Waals surface area contributed by atoms with E-state index in [1.165, 1.54) is 0 Å². The molecule has 2 aromatic rings. The topological polar surface area (TPSA) is 17.8 Å². The van der Waals surface area contributed by atoms with Crippen molar-refractivity contribution in [3.05, 3.63) is 29.0 Å². The number of benzene rings is 1. The first-order chi connectivity index (χ1) is 8.63. The van der Waals surface area contributed by atoms with E-state index in [-0.39, 0.29) is 5.38 Å². The molecule has 0 radical (unpaired) electrons. The summed E-state index contributed by atoms with van der Waals surface area (Å²) in [5.41, 5.74) is 2.04. The Labute approximate surface area is 122 Å². The van der Waals surface area contributed by atoms with E-state index in [1.807, 2.05) is 36.9 Å². The third-order valence-electron chi connectivity index (χ3n) is 2.83. The Morgan fingerprint density at radius 3 is 2.89 bits per heavy atom. The standard InChI is InChI=1S/C13H16Cl2N2S/c1-9(14)13-16-11-5-4-10(15)8-12(11)17(13)6-3-7-18-2/h4-5,8-9H,3,6-7H2,1-2H3. The van der Waals surface area contributed by atoms with Crippen LogP contribution < -0.4 is 0 Å². The third kappa shape index (κ3) is 2.95. The lowest BCUT2D eigenvalue weighted by molar-refractivity contribution is 0.658. The van der Waals surface area contributed by atoms with Crippen LogP contribution in [-0.2, 0) is 6.54 Å². The molecule has 0 saturated carbocycles. The van der Waals surface area contributed by atoms with Gasteiger partial charge < -0.3 is 4.57 Å². The van der Waals surface area contributed by atoms with E-state index in [0.717, 1.165) is 40.6 Å². The second kappa shape index (κ2) is 6.18. The summed E-state index contributed by atoms with van der Waals surface area (Å²) in [4.78, 5) is 4.60. The Hall–Kier alpha value is -0.380. The molecule has 1 aromatic heterocycles. The predicted molar refractivity (Wildman–Crippen MR) is 82.0 cm³/mol. The fourth-order valence-electron chi connectivity index (χ4n) is 2.02. The van der Waals surface area contributed by atoms with Crippen molar-refractivity contribution < 1.29 is 0 Å². The molecular weight excluding hydrogens is 287 g/mol. The molecule has 0 bridgehead atoms. The van der Waals surface area contributed by atoms with Gasteiger partial charge in [0.1, 0.15) is 5.82 Å². The summed E-state index contributed by atoms with van der Waals surface area (Å²) in [7, 11) is 0. The van der Waals surface area contributed by atoms with Crippen LogP contribution in [0.2, 0.25) is 5.02 Å². The maximum absolute atomic E-state index is 6.21. The van der Waals surface area contributed by atoms with Gasteiger partial charge in [-0.3, -0.25) is 0 Å².